The van der Waals surface area contributed by atoms with Crippen LogP contribution in [0.4, 0.5) is 0 Å². The molecule has 3 atom stereocenters. The lowest BCUT2D eigenvalue weighted by Crippen LogP contribution is -2.72. The maximum atomic E-state index is 12.2. The minimum atomic E-state index is 0.0900. The lowest BCUT2D eigenvalue weighted by molar-refractivity contribution is -0.171. The van der Waals surface area contributed by atoms with Crippen molar-refractivity contribution in [1.82, 2.24) is 15.5 Å². The molecular weight excluding hydrogens is 340 g/mol. The van der Waals surface area contributed by atoms with Crippen molar-refractivity contribution < 1.29 is 9.53 Å². The molecule has 152 valence electrons. The molecule has 27 heavy (non-hydrogen) atoms. The molecule has 2 saturated carbocycles. The van der Waals surface area contributed by atoms with Crippen LogP contribution in [0.5, 0.6) is 0 Å². The van der Waals surface area contributed by atoms with Gasteiger partial charge in [-0.25, -0.2) is 0 Å². The average molecular weight is 377 g/mol. The SMILES string of the molecule is CCN=C(NC1CCN(C(=O)C(C)C)CC1)NC1C2CCOC2C12CCC2. The van der Waals surface area contributed by atoms with Gasteiger partial charge in [0, 0.05) is 55.6 Å². The summed E-state index contributed by atoms with van der Waals surface area (Å²) in [5.74, 6) is 1.99. The van der Waals surface area contributed by atoms with Crippen LogP contribution in [-0.4, -0.2) is 61.2 Å². The molecule has 4 rings (SSSR count). The van der Waals surface area contributed by atoms with Crippen molar-refractivity contribution in [3.8, 4) is 0 Å². The Kier molecular flexibility index (Phi) is 5.36. The standard InChI is InChI=1S/C21H36N4O2/c1-4-22-20(23-15-6-11-25(12-7-15)19(26)14(2)3)24-17-16-8-13-27-18(16)21(17)9-5-10-21/h14-18H,4-13H2,1-3H3,(H2,22,23,24). The van der Waals surface area contributed by atoms with Gasteiger partial charge in [-0.15, -0.1) is 0 Å². The Balaban J connectivity index is 1.33. The van der Waals surface area contributed by atoms with Crippen LogP contribution in [0.1, 0.15) is 59.3 Å². The van der Waals surface area contributed by atoms with E-state index in [0.717, 1.165) is 45.0 Å². The Morgan fingerprint density at radius 2 is 1.96 bits per heavy atom. The summed E-state index contributed by atoms with van der Waals surface area (Å²) in [6, 6.07) is 0.909. The first kappa shape index (κ1) is 19.0. The van der Waals surface area contributed by atoms with E-state index in [0.29, 0.717) is 29.5 Å². The van der Waals surface area contributed by atoms with E-state index in [9.17, 15) is 4.79 Å². The molecule has 3 unspecified atom stereocenters. The first-order valence-corrected chi connectivity index (χ1v) is 11.0. The molecule has 0 bridgehead atoms. The van der Waals surface area contributed by atoms with Gasteiger partial charge in [0.1, 0.15) is 0 Å². The molecular formula is C21H36N4O2. The topological polar surface area (TPSA) is 66.0 Å². The number of nitrogens with one attached hydrogen (secondary N) is 2. The normalized spacial score (nSPS) is 32.8. The Morgan fingerprint density at radius 3 is 2.56 bits per heavy atom. The quantitative estimate of drug-likeness (QED) is 0.583. The summed E-state index contributed by atoms with van der Waals surface area (Å²) in [5.41, 5.74) is 0.365. The molecule has 0 aromatic carbocycles. The lowest BCUT2D eigenvalue weighted by atomic mass is 9.46. The summed E-state index contributed by atoms with van der Waals surface area (Å²) in [5, 5.41) is 7.47. The molecule has 0 radical (unpaired) electrons. The van der Waals surface area contributed by atoms with E-state index < -0.39 is 0 Å². The molecule has 2 N–H and O–H groups in total. The van der Waals surface area contributed by atoms with E-state index in [-0.39, 0.29) is 11.8 Å². The number of carbonyl (C=O) groups excluding carboxylic acids is 1. The van der Waals surface area contributed by atoms with Gasteiger partial charge in [0.05, 0.1) is 6.10 Å². The number of likely N-dealkylation sites (tertiary alicyclic amines) is 1. The van der Waals surface area contributed by atoms with E-state index in [4.69, 9.17) is 9.73 Å². The van der Waals surface area contributed by atoms with Crippen LogP contribution < -0.4 is 10.6 Å². The highest BCUT2D eigenvalue weighted by Crippen LogP contribution is 2.62. The Bertz CT molecular complexity index is 579. The number of nitrogens with zero attached hydrogens (tertiary/aromatic N) is 2. The zero-order valence-corrected chi connectivity index (χ0v) is 17.2. The molecule has 6 nitrogen and oxygen atoms in total. The van der Waals surface area contributed by atoms with Crippen LogP contribution in [-0.2, 0) is 9.53 Å². The number of carbonyl (C=O) groups is 1. The van der Waals surface area contributed by atoms with Gasteiger partial charge in [0.25, 0.3) is 0 Å². The fourth-order valence-electron chi connectivity index (χ4n) is 5.70. The molecule has 2 aliphatic carbocycles. The summed E-state index contributed by atoms with van der Waals surface area (Å²) in [6.45, 7) is 9.46. The van der Waals surface area contributed by atoms with Crippen molar-refractivity contribution in [1.29, 1.82) is 0 Å². The van der Waals surface area contributed by atoms with E-state index >= 15 is 0 Å². The maximum absolute atomic E-state index is 12.2. The molecule has 6 heteroatoms. The highest BCUT2D eigenvalue weighted by atomic mass is 16.5. The number of amides is 1. The average Bonchev–Trinajstić information content (AvgIpc) is 3.03. The number of guanidine groups is 1. The van der Waals surface area contributed by atoms with E-state index in [1.807, 2.05) is 18.7 Å². The van der Waals surface area contributed by atoms with E-state index in [2.05, 4.69) is 17.6 Å². The smallest absolute Gasteiger partial charge is 0.225 e. The first-order valence-electron chi connectivity index (χ1n) is 11.0. The molecule has 0 aromatic heterocycles. The molecule has 1 amide bonds. The molecule has 0 aromatic rings. The van der Waals surface area contributed by atoms with Gasteiger partial charge in [0.2, 0.25) is 5.91 Å². The third-order valence-corrected chi connectivity index (χ3v) is 7.29. The van der Waals surface area contributed by atoms with E-state index in [1.165, 1.54) is 25.7 Å². The van der Waals surface area contributed by atoms with Crippen molar-refractivity contribution in [3.05, 3.63) is 0 Å². The minimum absolute atomic E-state index is 0.0900. The number of hydrogen-bond donors (Lipinski definition) is 2. The van der Waals surface area contributed by atoms with Crippen LogP contribution in [0.25, 0.3) is 0 Å². The maximum Gasteiger partial charge on any atom is 0.225 e. The monoisotopic (exact) mass is 376 g/mol. The highest BCUT2D eigenvalue weighted by Gasteiger charge is 2.66. The van der Waals surface area contributed by atoms with Gasteiger partial charge in [-0.3, -0.25) is 9.79 Å². The Labute approximate surface area is 163 Å². The third-order valence-electron chi connectivity index (χ3n) is 7.29. The van der Waals surface area contributed by atoms with Gasteiger partial charge in [-0.2, -0.15) is 0 Å². The number of fused-ring (bicyclic) bond motifs is 2. The molecule has 2 aliphatic heterocycles. The van der Waals surface area contributed by atoms with Gasteiger partial charge >= 0.3 is 0 Å². The lowest BCUT2D eigenvalue weighted by Gasteiger charge is -2.63. The van der Waals surface area contributed by atoms with Crippen molar-refractivity contribution in [3.63, 3.8) is 0 Å². The molecule has 1 spiro atoms. The van der Waals surface area contributed by atoms with Gasteiger partial charge in [-0.1, -0.05) is 20.3 Å². The number of rotatable bonds is 4. The van der Waals surface area contributed by atoms with Crippen molar-refractivity contribution in [2.24, 2.45) is 22.2 Å². The molecule has 2 heterocycles. The second kappa shape index (κ2) is 7.61. The highest BCUT2D eigenvalue weighted by molar-refractivity contribution is 5.81. The fraction of sp³-hybridized carbons (Fsp3) is 0.905. The second-order valence-corrected chi connectivity index (χ2v) is 9.17. The van der Waals surface area contributed by atoms with Gasteiger partial charge in [-0.05, 0) is 39.0 Å². The third kappa shape index (κ3) is 3.34. The van der Waals surface area contributed by atoms with Crippen molar-refractivity contribution >= 4 is 11.9 Å². The second-order valence-electron chi connectivity index (χ2n) is 9.17. The summed E-state index contributed by atoms with van der Waals surface area (Å²) >= 11 is 0. The van der Waals surface area contributed by atoms with Crippen LogP contribution in [0.3, 0.4) is 0 Å². The summed E-state index contributed by atoms with van der Waals surface area (Å²) in [4.78, 5) is 18.9. The largest absolute Gasteiger partial charge is 0.377 e. The zero-order chi connectivity index (χ0) is 19.0. The van der Waals surface area contributed by atoms with Crippen LogP contribution >= 0.6 is 0 Å². The van der Waals surface area contributed by atoms with Crippen molar-refractivity contribution in [2.45, 2.75) is 77.5 Å². The predicted octanol–water partition coefficient (Wildman–Crippen LogP) is 2.15. The van der Waals surface area contributed by atoms with Crippen LogP contribution in [0.2, 0.25) is 0 Å². The zero-order valence-electron chi connectivity index (χ0n) is 17.2. The fourth-order valence-corrected chi connectivity index (χ4v) is 5.70. The summed E-state index contributed by atoms with van der Waals surface area (Å²) in [6.07, 6.45) is 7.57. The van der Waals surface area contributed by atoms with Crippen LogP contribution in [0.15, 0.2) is 4.99 Å². The van der Waals surface area contributed by atoms with E-state index in [1.54, 1.807) is 0 Å². The number of aliphatic imine (C=N–C) groups is 1. The van der Waals surface area contributed by atoms with Gasteiger partial charge < -0.3 is 20.3 Å². The number of ether oxygens (including phenoxy) is 1. The molecule has 4 aliphatic rings. The molecule has 2 saturated heterocycles. The predicted molar refractivity (Wildman–Crippen MR) is 107 cm³/mol. The Hall–Kier alpha value is -1.30. The van der Waals surface area contributed by atoms with Gasteiger partial charge in [0.15, 0.2) is 5.96 Å². The summed E-state index contributed by atoms with van der Waals surface area (Å²) in [7, 11) is 0. The Morgan fingerprint density at radius 1 is 1.22 bits per heavy atom. The first-order chi connectivity index (χ1) is 13.0. The summed E-state index contributed by atoms with van der Waals surface area (Å²) < 4.78 is 6.05. The van der Waals surface area contributed by atoms with Crippen LogP contribution in [0, 0.1) is 17.3 Å². The van der Waals surface area contributed by atoms with Crippen molar-refractivity contribution in [2.75, 3.05) is 26.2 Å². The number of hydrogen-bond acceptors (Lipinski definition) is 3. The molecule has 4 fully saturated rings. The number of piperidine rings is 1. The minimum Gasteiger partial charge on any atom is -0.377 e.